The van der Waals surface area contributed by atoms with Crippen LogP contribution in [0.15, 0.2) is 59.6 Å². The molecule has 1 aromatic heterocycles. The molecule has 1 saturated heterocycles. The second-order valence-electron chi connectivity index (χ2n) is 8.68. The first-order valence-electron chi connectivity index (χ1n) is 12.2. The lowest BCUT2D eigenvalue weighted by Crippen LogP contribution is -2.51. The van der Waals surface area contributed by atoms with Gasteiger partial charge in [0.25, 0.3) is 5.91 Å². The first-order valence-corrected chi connectivity index (χ1v) is 13.2. The summed E-state index contributed by atoms with van der Waals surface area (Å²) in [6, 6.07) is 15.6. The zero-order valence-electron chi connectivity index (χ0n) is 20.7. The van der Waals surface area contributed by atoms with E-state index in [1.165, 1.54) is 11.8 Å². The second-order valence-corrected chi connectivity index (χ2v) is 9.70. The molecule has 2 aromatic carbocycles. The number of nitrogens with one attached hydrogen (secondary N) is 1. The van der Waals surface area contributed by atoms with Gasteiger partial charge in [-0.1, -0.05) is 35.9 Å². The molecule has 3 aromatic rings. The van der Waals surface area contributed by atoms with Crippen molar-refractivity contribution in [1.29, 1.82) is 0 Å². The largest absolute Gasteiger partial charge is 0.450 e. The van der Waals surface area contributed by atoms with E-state index in [2.05, 4.69) is 28.2 Å². The van der Waals surface area contributed by atoms with Gasteiger partial charge in [0.15, 0.2) is 0 Å². The number of carbonyl (C=O) groups is 3. The molecule has 0 unspecified atom stereocenters. The highest BCUT2D eigenvalue weighted by Gasteiger charge is 2.25. The van der Waals surface area contributed by atoms with Crippen LogP contribution in [0, 0.1) is 6.92 Å². The zero-order valence-corrected chi connectivity index (χ0v) is 21.6. The molecule has 1 fully saturated rings. The van der Waals surface area contributed by atoms with Gasteiger partial charge in [0.2, 0.25) is 5.91 Å². The third-order valence-electron chi connectivity index (χ3n) is 6.21. The van der Waals surface area contributed by atoms with E-state index in [0.717, 1.165) is 21.4 Å². The van der Waals surface area contributed by atoms with E-state index in [1.54, 1.807) is 11.8 Å². The molecule has 36 heavy (non-hydrogen) atoms. The van der Waals surface area contributed by atoms with Crippen molar-refractivity contribution in [2.24, 2.45) is 0 Å². The fraction of sp³-hybridized carbons (Fsp3) is 0.370. The van der Waals surface area contributed by atoms with Gasteiger partial charge in [-0.2, -0.15) is 0 Å². The fourth-order valence-corrected chi connectivity index (χ4v) is 5.19. The van der Waals surface area contributed by atoms with Crippen LogP contribution in [0.3, 0.4) is 0 Å². The minimum Gasteiger partial charge on any atom is -0.450 e. The number of hydrogen-bond donors (Lipinski definition) is 1. The number of benzene rings is 2. The topological polar surface area (TPSA) is 83.9 Å². The SMILES string of the molecule is CCOC(=O)N1CCN(C(=O)CSc2cn(CCNC(=O)c3ccc(C)cc3)c3ccccc23)CC1. The van der Waals surface area contributed by atoms with Crippen molar-refractivity contribution in [3.05, 3.63) is 65.9 Å². The summed E-state index contributed by atoms with van der Waals surface area (Å²) in [6.07, 6.45) is 1.74. The number of fused-ring (bicyclic) bond motifs is 1. The first-order chi connectivity index (χ1) is 17.5. The summed E-state index contributed by atoms with van der Waals surface area (Å²) in [7, 11) is 0. The van der Waals surface area contributed by atoms with Crippen LogP contribution in [0.4, 0.5) is 4.79 Å². The molecule has 1 aliphatic heterocycles. The lowest BCUT2D eigenvalue weighted by atomic mass is 10.1. The van der Waals surface area contributed by atoms with Crippen LogP contribution in [-0.2, 0) is 16.1 Å². The fourth-order valence-electron chi connectivity index (χ4n) is 4.19. The molecule has 9 heteroatoms. The number of rotatable bonds is 8. The monoisotopic (exact) mass is 508 g/mol. The third kappa shape index (κ3) is 6.20. The minimum absolute atomic E-state index is 0.0608. The van der Waals surface area contributed by atoms with Crippen molar-refractivity contribution in [2.75, 3.05) is 45.1 Å². The van der Waals surface area contributed by atoms with Gasteiger partial charge in [0, 0.05) is 66.8 Å². The molecule has 0 saturated carbocycles. The van der Waals surface area contributed by atoms with Crippen LogP contribution in [-0.4, -0.2) is 77.4 Å². The van der Waals surface area contributed by atoms with Crippen molar-refractivity contribution in [2.45, 2.75) is 25.3 Å². The molecule has 190 valence electrons. The number of aromatic nitrogens is 1. The molecule has 2 heterocycles. The van der Waals surface area contributed by atoms with Gasteiger partial charge >= 0.3 is 6.09 Å². The highest BCUT2D eigenvalue weighted by molar-refractivity contribution is 8.00. The summed E-state index contributed by atoms with van der Waals surface area (Å²) >= 11 is 1.52. The molecule has 0 atom stereocenters. The first kappa shape index (κ1) is 25.6. The Labute approximate surface area is 215 Å². The van der Waals surface area contributed by atoms with Gasteiger partial charge in [-0.15, -0.1) is 11.8 Å². The van der Waals surface area contributed by atoms with Crippen molar-refractivity contribution >= 4 is 40.6 Å². The number of para-hydroxylation sites is 1. The van der Waals surface area contributed by atoms with Crippen molar-refractivity contribution in [1.82, 2.24) is 19.7 Å². The van der Waals surface area contributed by atoms with Gasteiger partial charge in [0.05, 0.1) is 12.4 Å². The van der Waals surface area contributed by atoms with E-state index in [-0.39, 0.29) is 17.9 Å². The number of hydrogen-bond acceptors (Lipinski definition) is 5. The zero-order chi connectivity index (χ0) is 25.5. The summed E-state index contributed by atoms with van der Waals surface area (Å²) in [6.45, 7) is 7.26. The molecule has 4 rings (SSSR count). The smallest absolute Gasteiger partial charge is 0.409 e. The Bertz CT molecular complexity index is 1220. The van der Waals surface area contributed by atoms with Gasteiger partial charge in [0.1, 0.15) is 0 Å². The van der Waals surface area contributed by atoms with E-state index in [0.29, 0.717) is 57.2 Å². The van der Waals surface area contributed by atoms with Gasteiger partial charge in [-0.25, -0.2) is 4.79 Å². The maximum Gasteiger partial charge on any atom is 0.409 e. The number of amides is 3. The third-order valence-corrected chi connectivity index (χ3v) is 7.24. The molecule has 0 radical (unpaired) electrons. The summed E-state index contributed by atoms with van der Waals surface area (Å²) < 4.78 is 7.17. The van der Waals surface area contributed by atoms with E-state index in [9.17, 15) is 14.4 Å². The van der Waals surface area contributed by atoms with Crippen LogP contribution in [0.5, 0.6) is 0 Å². The Morgan fingerprint density at radius 2 is 1.67 bits per heavy atom. The Morgan fingerprint density at radius 3 is 2.39 bits per heavy atom. The normalized spacial score (nSPS) is 13.6. The Hall–Kier alpha value is -3.46. The maximum atomic E-state index is 12.8. The lowest BCUT2D eigenvalue weighted by molar-refractivity contribution is -0.129. The number of ether oxygens (including phenoxy) is 1. The van der Waals surface area contributed by atoms with E-state index >= 15 is 0 Å². The Kier molecular flexibility index (Phi) is 8.53. The van der Waals surface area contributed by atoms with Crippen LogP contribution in [0.25, 0.3) is 10.9 Å². The average molecular weight is 509 g/mol. The second kappa shape index (κ2) is 12.0. The molecule has 3 amide bonds. The predicted molar refractivity (Wildman–Crippen MR) is 141 cm³/mol. The van der Waals surface area contributed by atoms with Gasteiger partial charge < -0.3 is 24.4 Å². The predicted octanol–water partition coefficient (Wildman–Crippen LogP) is 3.77. The molecule has 1 N–H and O–H groups in total. The summed E-state index contributed by atoms with van der Waals surface area (Å²) in [5.41, 5.74) is 2.84. The molecule has 0 bridgehead atoms. The maximum absolute atomic E-state index is 12.8. The number of nitrogens with zero attached hydrogens (tertiary/aromatic N) is 3. The van der Waals surface area contributed by atoms with Gasteiger partial charge in [-0.3, -0.25) is 9.59 Å². The van der Waals surface area contributed by atoms with E-state index in [1.807, 2.05) is 48.2 Å². The van der Waals surface area contributed by atoms with E-state index in [4.69, 9.17) is 4.74 Å². The average Bonchev–Trinajstić information content (AvgIpc) is 3.25. The Morgan fingerprint density at radius 1 is 0.972 bits per heavy atom. The van der Waals surface area contributed by atoms with Crippen LogP contribution in [0.1, 0.15) is 22.8 Å². The molecular weight excluding hydrogens is 476 g/mol. The number of piperazine rings is 1. The van der Waals surface area contributed by atoms with Crippen molar-refractivity contribution in [3.8, 4) is 0 Å². The number of thioether (sulfide) groups is 1. The molecule has 1 aliphatic rings. The Balaban J connectivity index is 1.32. The van der Waals surface area contributed by atoms with E-state index < -0.39 is 0 Å². The van der Waals surface area contributed by atoms with Crippen LogP contribution < -0.4 is 5.32 Å². The quantitative estimate of drug-likeness (QED) is 0.469. The number of aryl methyl sites for hydroxylation is 1. The standard InChI is InChI=1S/C27H32N4O4S/c1-3-35-27(34)30-16-14-29(15-17-30)25(32)19-36-24-18-31(23-7-5-4-6-22(23)24)13-12-28-26(33)21-10-8-20(2)9-11-21/h4-11,18H,3,12-17,19H2,1-2H3,(H,28,33). The highest BCUT2D eigenvalue weighted by Crippen LogP contribution is 2.30. The minimum atomic E-state index is -0.318. The summed E-state index contributed by atoms with van der Waals surface area (Å²) in [5.74, 6) is 0.304. The van der Waals surface area contributed by atoms with Crippen LogP contribution >= 0.6 is 11.8 Å². The molecular formula is C27H32N4O4S. The highest BCUT2D eigenvalue weighted by atomic mass is 32.2. The summed E-state index contributed by atoms with van der Waals surface area (Å²) in [5, 5.41) is 4.08. The van der Waals surface area contributed by atoms with Gasteiger partial charge in [-0.05, 0) is 32.0 Å². The molecule has 0 spiro atoms. The van der Waals surface area contributed by atoms with Crippen LogP contribution in [0.2, 0.25) is 0 Å². The lowest BCUT2D eigenvalue weighted by Gasteiger charge is -2.34. The summed E-state index contributed by atoms with van der Waals surface area (Å²) in [4.78, 5) is 41.6. The van der Waals surface area contributed by atoms with Crippen molar-refractivity contribution < 1.29 is 19.1 Å². The van der Waals surface area contributed by atoms with Crippen molar-refractivity contribution in [3.63, 3.8) is 0 Å². The number of carbonyl (C=O) groups excluding carboxylic acids is 3. The molecule has 0 aliphatic carbocycles. The molecule has 8 nitrogen and oxygen atoms in total.